The van der Waals surface area contributed by atoms with Gasteiger partial charge >= 0.3 is 0 Å². The van der Waals surface area contributed by atoms with Gasteiger partial charge in [0.05, 0.1) is 9.82 Å². The Kier molecular flexibility index (Phi) is 6.39. The molecule has 1 heterocycles. The molecule has 1 aliphatic heterocycles. The fourth-order valence-corrected chi connectivity index (χ4v) is 4.00. The third-order valence-corrected chi connectivity index (χ3v) is 6.06. The van der Waals surface area contributed by atoms with Gasteiger partial charge in [-0.1, -0.05) is 12.1 Å². The summed E-state index contributed by atoms with van der Waals surface area (Å²) in [5, 5.41) is 11.5. The van der Waals surface area contributed by atoms with Gasteiger partial charge in [-0.3, -0.25) is 15.0 Å². The lowest BCUT2D eigenvalue weighted by Crippen LogP contribution is -2.47. The molecule has 0 aliphatic carbocycles. The number of hydrogen-bond acceptors (Lipinski definition) is 7. The molecule has 0 bridgehead atoms. The third-order valence-electron chi connectivity index (χ3n) is 4.95. The molecule has 2 aromatic rings. The number of benzene rings is 2. The second kappa shape index (κ2) is 8.79. The minimum Gasteiger partial charge on any atom is -0.492 e. The highest BCUT2D eigenvalue weighted by molar-refractivity contribution is 7.90. The van der Waals surface area contributed by atoms with Crippen molar-refractivity contribution in [3.8, 4) is 5.75 Å². The van der Waals surface area contributed by atoms with Crippen molar-refractivity contribution >= 4 is 21.2 Å². The Bertz CT molecular complexity index is 985. The molecule has 3 rings (SSSR count). The average Bonchev–Trinajstić information content (AvgIpc) is 2.67. The lowest BCUT2D eigenvalue weighted by Gasteiger charge is -2.35. The van der Waals surface area contributed by atoms with Gasteiger partial charge in [-0.15, -0.1) is 0 Å². The zero-order valence-corrected chi connectivity index (χ0v) is 17.4. The Morgan fingerprint density at radius 3 is 2.45 bits per heavy atom. The van der Waals surface area contributed by atoms with Crippen LogP contribution in [0, 0.1) is 17.0 Å². The molecule has 0 unspecified atom stereocenters. The Morgan fingerprint density at radius 1 is 1.10 bits per heavy atom. The first-order valence-electron chi connectivity index (χ1n) is 9.39. The molecule has 1 fully saturated rings. The second-order valence-electron chi connectivity index (χ2n) is 7.17. The van der Waals surface area contributed by atoms with E-state index < -0.39 is 14.8 Å². The number of ether oxygens (including phenoxy) is 1. The second-order valence-corrected chi connectivity index (χ2v) is 9.19. The zero-order chi connectivity index (χ0) is 21.0. The summed E-state index contributed by atoms with van der Waals surface area (Å²) in [5.74, 6) is 0.852. The molecule has 8 nitrogen and oxygen atoms in total. The monoisotopic (exact) mass is 419 g/mol. The van der Waals surface area contributed by atoms with Gasteiger partial charge in [0.25, 0.3) is 5.69 Å². The molecule has 0 radical (unpaired) electrons. The molecule has 29 heavy (non-hydrogen) atoms. The molecular weight excluding hydrogens is 394 g/mol. The Morgan fingerprint density at radius 2 is 1.83 bits per heavy atom. The van der Waals surface area contributed by atoms with Gasteiger partial charge in [0.15, 0.2) is 9.84 Å². The number of nitro benzene ring substituents is 1. The van der Waals surface area contributed by atoms with Gasteiger partial charge < -0.3 is 9.64 Å². The fraction of sp³-hybridized carbons (Fsp3) is 0.400. The number of sulfone groups is 1. The van der Waals surface area contributed by atoms with Gasteiger partial charge in [-0.2, -0.15) is 0 Å². The largest absolute Gasteiger partial charge is 0.492 e. The zero-order valence-electron chi connectivity index (χ0n) is 16.6. The van der Waals surface area contributed by atoms with Crippen LogP contribution in [0.15, 0.2) is 47.4 Å². The van der Waals surface area contributed by atoms with Gasteiger partial charge in [0.2, 0.25) is 0 Å². The van der Waals surface area contributed by atoms with Crippen LogP contribution in [0.2, 0.25) is 0 Å². The van der Waals surface area contributed by atoms with Crippen LogP contribution in [0.5, 0.6) is 5.75 Å². The van der Waals surface area contributed by atoms with Gasteiger partial charge in [-0.05, 0) is 36.8 Å². The summed E-state index contributed by atoms with van der Waals surface area (Å²) in [6, 6.07) is 12.0. The maximum absolute atomic E-state index is 11.7. The molecule has 156 valence electrons. The predicted molar refractivity (Wildman–Crippen MR) is 112 cm³/mol. The molecule has 1 saturated heterocycles. The molecule has 0 N–H and O–H groups in total. The summed E-state index contributed by atoms with van der Waals surface area (Å²) in [6.07, 6.45) is 1.04. The Balaban J connectivity index is 1.58. The van der Waals surface area contributed by atoms with Crippen LogP contribution in [0.1, 0.15) is 5.56 Å². The van der Waals surface area contributed by atoms with Crippen LogP contribution >= 0.6 is 0 Å². The van der Waals surface area contributed by atoms with E-state index in [2.05, 4.69) is 4.90 Å². The van der Waals surface area contributed by atoms with E-state index in [0.29, 0.717) is 25.4 Å². The summed E-state index contributed by atoms with van der Waals surface area (Å²) in [7, 11) is -3.50. The van der Waals surface area contributed by atoms with E-state index in [1.54, 1.807) is 0 Å². The van der Waals surface area contributed by atoms with Crippen LogP contribution in [0.3, 0.4) is 0 Å². The summed E-state index contributed by atoms with van der Waals surface area (Å²) >= 11 is 0. The van der Waals surface area contributed by atoms with Crippen molar-refractivity contribution < 1.29 is 18.1 Å². The minimum absolute atomic E-state index is 0.0418. The van der Waals surface area contributed by atoms with Crippen molar-refractivity contribution in [1.82, 2.24) is 4.90 Å². The summed E-state index contributed by atoms with van der Waals surface area (Å²) in [6.45, 7) is 6.13. The summed E-state index contributed by atoms with van der Waals surface area (Å²) in [4.78, 5) is 15.1. The third kappa shape index (κ3) is 5.45. The van der Waals surface area contributed by atoms with Crippen LogP contribution in [0.4, 0.5) is 11.4 Å². The van der Waals surface area contributed by atoms with Crippen LogP contribution in [-0.4, -0.2) is 63.8 Å². The highest BCUT2D eigenvalue weighted by Gasteiger charge is 2.25. The van der Waals surface area contributed by atoms with Crippen LogP contribution < -0.4 is 9.64 Å². The highest BCUT2D eigenvalue weighted by atomic mass is 32.2. The molecule has 9 heteroatoms. The number of rotatable bonds is 7. The average molecular weight is 420 g/mol. The Labute approximate surface area is 170 Å². The van der Waals surface area contributed by atoms with E-state index in [4.69, 9.17) is 4.74 Å². The molecule has 0 aromatic heterocycles. The predicted octanol–water partition coefficient (Wildman–Crippen LogP) is 2.51. The molecule has 0 saturated carbocycles. The standard InChI is InChI=1S/C20H25N3O5S/c1-16-4-3-5-17(14-16)28-13-12-21-8-10-22(11-9-21)19-7-6-18(29(2,26)27)15-20(19)23(24)25/h3-7,14-15H,8-13H2,1-2H3. The van der Waals surface area contributed by atoms with E-state index in [0.717, 1.165) is 43.3 Å². The molecule has 0 amide bonds. The molecule has 1 aliphatic rings. The Hall–Kier alpha value is -2.65. The van der Waals surface area contributed by atoms with Crippen LogP contribution in [-0.2, 0) is 9.84 Å². The fourth-order valence-electron chi connectivity index (χ4n) is 3.36. The van der Waals surface area contributed by atoms with Gasteiger partial charge in [-0.25, -0.2) is 8.42 Å². The maximum atomic E-state index is 11.7. The van der Waals surface area contributed by atoms with E-state index in [1.807, 2.05) is 36.1 Å². The van der Waals surface area contributed by atoms with Crippen molar-refractivity contribution in [3.63, 3.8) is 0 Å². The van der Waals surface area contributed by atoms with E-state index in [-0.39, 0.29) is 10.6 Å². The first-order chi connectivity index (χ1) is 13.7. The van der Waals surface area contributed by atoms with Gasteiger partial charge in [0.1, 0.15) is 18.0 Å². The van der Waals surface area contributed by atoms with Crippen LogP contribution in [0.25, 0.3) is 0 Å². The number of anilines is 1. The van der Waals surface area contributed by atoms with E-state index in [1.165, 1.54) is 12.1 Å². The first kappa shape index (κ1) is 21.1. The van der Waals surface area contributed by atoms with Crippen molar-refractivity contribution in [3.05, 3.63) is 58.1 Å². The van der Waals surface area contributed by atoms with E-state index >= 15 is 0 Å². The molecule has 0 spiro atoms. The van der Waals surface area contributed by atoms with Crippen molar-refractivity contribution in [2.24, 2.45) is 0 Å². The quantitative estimate of drug-likeness (QED) is 0.503. The van der Waals surface area contributed by atoms with E-state index in [9.17, 15) is 18.5 Å². The lowest BCUT2D eigenvalue weighted by molar-refractivity contribution is -0.384. The first-order valence-corrected chi connectivity index (χ1v) is 11.3. The topological polar surface area (TPSA) is 93.0 Å². The minimum atomic E-state index is -3.50. The number of nitro groups is 1. The summed E-state index contributed by atoms with van der Waals surface area (Å²) in [5.41, 5.74) is 1.43. The van der Waals surface area contributed by atoms with Gasteiger partial charge in [0, 0.05) is 45.0 Å². The smallest absolute Gasteiger partial charge is 0.293 e. The maximum Gasteiger partial charge on any atom is 0.293 e. The normalized spacial score (nSPS) is 15.3. The molecular formula is C20H25N3O5S. The molecule has 0 atom stereocenters. The number of aryl methyl sites for hydroxylation is 1. The lowest BCUT2D eigenvalue weighted by atomic mass is 10.2. The van der Waals surface area contributed by atoms with Crippen molar-refractivity contribution in [2.75, 3.05) is 50.5 Å². The SMILES string of the molecule is Cc1cccc(OCCN2CCN(c3ccc(S(C)(=O)=O)cc3[N+](=O)[O-])CC2)c1. The number of hydrogen-bond donors (Lipinski definition) is 0. The number of piperazine rings is 1. The molecule has 2 aromatic carbocycles. The number of nitrogens with zero attached hydrogens (tertiary/aromatic N) is 3. The van der Waals surface area contributed by atoms with Crippen molar-refractivity contribution in [2.45, 2.75) is 11.8 Å². The van der Waals surface area contributed by atoms with Crippen molar-refractivity contribution in [1.29, 1.82) is 0 Å². The summed E-state index contributed by atoms with van der Waals surface area (Å²) < 4.78 is 29.2. The highest BCUT2D eigenvalue weighted by Crippen LogP contribution is 2.31.